The Balaban J connectivity index is 2.65. The molecule has 1 atom stereocenters. The van der Waals surface area contributed by atoms with Crippen molar-refractivity contribution >= 4 is 22.8 Å². The molecule has 0 spiro atoms. The number of amides is 1. The van der Waals surface area contributed by atoms with Gasteiger partial charge in [-0.15, -0.1) is 0 Å². The van der Waals surface area contributed by atoms with E-state index in [1.54, 1.807) is 0 Å². The number of nitrogens with zero attached hydrogens (tertiary/aromatic N) is 1. The smallest absolute Gasteiger partial charge is 0.264 e. The highest BCUT2D eigenvalue weighted by molar-refractivity contribution is 8.16. The van der Waals surface area contributed by atoms with Crippen molar-refractivity contribution in [3.63, 3.8) is 0 Å². The van der Waals surface area contributed by atoms with Crippen LogP contribution < -0.4 is 5.73 Å². The normalized spacial score (nSPS) is 27.1. The van der Waals surface area contributed by atoms with Crippen LogP contribution in [0.15, 0.2) is 4.99 Å². The van der Waals surface area contributed by atoms with Crippen LogP contribution in [0.5, 0.6) is 0 Å². The molecule has 1 aliphatic heterocycles. The van der Waals surface area contributed by atoms with E-state index in [-0.39, 0.29) is 10.7 Å². The zero-order chi connectivity index (χ0) is 10.8. The van der Waals surface area contributed by atoms with Crippen LogP contribution in [0, 0.1) is 5.92 Å². The predicted octanol–water partition coefficient (Wildman–Crippen LogP) is 2.16. The van der Waals surface area contributed by atoms with E-state index < -0.39 is 0 Å². The maximum Gasteiger partial charge on any atom is 0.264 e. The molecule has 14 heavy (non-hydrogen) atoms. The van der Waals surface area contributed by atoms with Gasteiger partial charge in [0.25, 0.3) is 5.91 Å². The molecule has 0 saturated carbocycles. The van der Waals surface area contributed by atoms with Gasteiger partial charge in [0.05, 0.1) is 0 Å². The van der Waals surface area contributed by atoms with Crippen LogP contribution in [-0.2, 0) is 4.79 Å². The van der Waals surface area contributed by atoms with Gasteiger partial charge in [-0.3, -0.25) is 4.79 Å². The van der Waals surface area contributed by atoms with Gasteiger partial charge in [-0.2, -0.15) is 4.99 Å². The third kappa shape index (κ3) is 2.29. The first-order chi connectivity index (χ1) is 6.50. The Morgan fingerprint density at radius 2 is 2.21 bits per heavy atom. The highest BCUT2D eigenvalue weighted by Crippen LogP contribution is 2.40. The van der Waals surface area contributed by atoms with Crippen molar-refractivity contribution in [3.8, 4) is 0 Å². The summed E-state index contributed by atoms with van der Waals surface area (Å²) < 4.78 is -0.353. The van der Waals surface area contributed by atoms with Crippen LogP contribution in [-0.4, -0.2) is 15.8 Å². The van der Waals surface area contributed by atoms with Crippen LogP contribution in [0.1, 0.15) is 40.0 Å². The number of hydrogen-bond donors (Lipinski definition) is 1. The van der Waals surface area contributed by atoms with E-state index >= 15 is 0 Å². The lowest BCUT2D eigenvalue weighted by Gasteiger charge is -2.23. The summed E-state index contributed by atoms with van der Waals surface area (Å²) in [5, 5.41) is 0.431. The van der Waals surface area contributed by atoms with Gasteiger partial charge >= 0.3 is 0 Å². The van der Waals surface area contributed by atoms with E-state index in [0.29, 0.717) is 11.1 Å². The molecule has 0 unspecified atom stereocenters. The fourth-order valence-corrected chi connectivity index (χ4v) is 2.57. The van der Waals surface area contributed by atoms with Crippen molar-refractivity contribution in [3.05, 3.63) is 0 Å². The summed E-state index contributed by atoms with van der Waals surface area (Å²) >= 11 is 1.44. The van der Waals surface area contributed by atoms with E-state index in [1.165, 1.54) is 11.8 Å². The quantitative estimate of drug-likeness (QED) is 0.780. The zero-order valence-corrected chi connectivity index (χ0v) is 9.86. The van der Waals surface area contributed by atoms with Crippen LogP contribution in [0.3, 0.4) is 0 Å². The Kier molecular flexibility index (Phi) is 3.59. The lowest BCUT2D eigenvalue weighted by Crippen LogP contribution is -2.31. The van der Waals surface area contributed by atoms with Crippen LogP contribution in [0.25, 0.3) is 0 Å². The molecule has 1 amide bonds. The largest absolute Gasteiger partial charge is 0.378 e. The Labute approximate surface area is 89.5 Å². The first-order valence-electron chi connectivity index (χ1n) is 5.08. The summed E-state index contributed by atoms with van der Waals surface area (Å²) in [5.41, 5.74) is 5.57. The van der Waals surface area contributed by atoms with Gasteiger partial charge in [0, 0.05) is 0 Å². The average molecular weight is 214 g/mol. The predicted molar refractivity (Wildman–Crippen MR) is 61.3 cm³/mol. The molecular weight excluding hydrogens is 196 g/mol. The molecule has 0 aliphatic carbocycles. The van der Waals surface area contributed by atoms with E-state index in [2.05, 4.69) is 18.8 Å². The van der Waals surface area contributed by atoms with Gasteiger partial charge < -0.3 is 5.73 Å². The Hall–Kier alpha value is -0.510. The zero-order valence-electron chi connectivity index (χ0n) is 9.04. The molecule has 0 saturated heterocycles. The number of carbonyl (C=O) groups excluding carboxylic acids is 1. The summed E-state index contributed by atoms with van der Waals surface area (Å²) in [6, 6.07) is 0. The second-order valence-electron chi connectivity index (χ2n) is 4.14. The molecule has 3 nitrogen and oxygen atoms in total. The van der Waals surface area contributed by atoms with Gasteiger partial charge in [0.15, 0.2) is 5.17 Å². The maximum atomic E-state index is 11.7. The number of amidine groups is 1. The standard InChI is InChI=1S/C10H18N2OS/c1-4-10(6-5-7(2)3)8(13)12-9(11)14-10/h7H,4-6H2,1-3H3,(H2,11,12,13)/t10-/m1/s1. The number of nitrogens with two attached hydrogens (primary N) is 1. The second-order valence-corrected chi connectivity index (χ2v) is 5.54. The van der Waals surface area contributed by atoms with E-state index in [4.69, 9.17) is 5.73 Å². The molecule has 0 aromatic rings. The molecule has 80 valence electrons. The number of carbonyl (C=O) groups is 1. The minimum Gasteiger partial charge on any atom is -0.378 e. The van der Waals surface area contributed by atoms with Crippen LogP contribution in [0.4, 0.5) is 0 Å². The number of rotatable bonds is 4. The molecule has 1 rings (SSSR count). The van der Waals surface area contributed by atoms with E-state index in [9.17, 15) is 4.79 Å². The highest BCUT2D eigenvalue weighted by Gasteiger charge is 2.42. The minimum absolute atomic E-state index is 0.0387. The fraction of sp³-hybridized carbons (Fsp3) is 0.800. The van der Waals surface area contributed by atoms with Crippen molar-refractivity contribution in [2.45, 2.75) is 44.8 Å². The molecule has 0 radical (unpaired) electrons. The molecule has 0 fully saturated rings. The van der Waals surface area contributed by atoms with Gasteiger partial charge in [-0.1, -0.05) is 32.5 Å². The molecule has 0 aromatic heterocycles. The molecule has 1 aliphatic rings. The number of hydrogen-bond acceptors (Lipinski definition) is 3. The van der Waals surface area contributed by atoms with Gasteiger partial charge in [-0.25, -0.2) is 0 Å². The summed E-state index contributed by atoms with van der Waals surface area (Å²) in [5.74, 6) is 0.580. The van der Waals surface area contributed by atoms with Gasteiger partial charge in [0.1, 0.15) is 4.75 Å². The SMILES string of the molecule is CC[C@]1(CCC(C)C)SC(N)=NC1=O. The summed E-state index contributed by atoms with van der Waals surface area (Å²) in [6.07, 6.45) is 2.75. The Morgan fingerprint density at radius 1 is 1.57 bits per heavy atom. The molecule has 0 aromatic carbocycles. The third-order valence-electron chi connectivity index (χ3n) is 2.60. The lowest BCUT2D eigenvalue weighted by atomic mass is 9.94. The van der Waals surface area contributed by atoms with Crippen molar-refractivity contribution in [1.82, 2.24) is 0 Å². The fourth-order valence-electron chi connectivity index (χ4n) is 1.55. The van der Waals surface area contributed by atoms with E-state index in [1.807, 2.05) is 6.92 Å². The molecule has 0 bridgehead atoms. The first-order valence-corrected chi connectivity index (χ1v) is 5.89. The summed E-state index contributed by atoms with van der Waals surface area (Å²) in [6.45, 7) is 6.36. The molecule has 1 heterocycles. The Bertz CT molecular complexity index is 263. The van der Waals surface area contributed by atoms with Gasteiger partial charge in [0.2, 0.25) is 0 Å². The second kappa shape index (κ2) is 4.34. The number of thioether (sulfide) groups is 1. The highest BCUT2D eigenvalue weighted by atomic mass is 32.2. The van der Waals surface area contributed by atoms with Crippen molar-refractivity contribution < 1.29 is 4.79 Å². The topological polar surface area (TPSA) is 55.4 Å². The first kappa shape index (κ1) is 11.6. The van der Waals surface area contributed by atoms with Crippen molar-refractivity contribution in [2.24, 2.45) is 16.6 Å². The lowest BCUT2D eigenvalue weighted by molar-refractivity contribution is -0.120. The van der Waals surface area contributed by atoms with Crippen LogP contribution in [0.2, 0.25) is 0 Å². The van der Waals surface area contributed by atoms with Crippen molar-refractivity contribution in [2.75, 3.05) is 0 Å². The Morgan fingerprint density at radius 3 is 2.57 bits per heavy atom. The molecule has 2 N–H and O–H groups in total. The van der Waals surface area contributed by atoms with E-state index in [0.717, 1.165) is 19.3 Å². The third-order valence-corrected chi connectivity index (χ3v) is 3.96. The monoisotopic (exact) mass is 214 g/mol. The average Bonchev–Trinajstić information content (AvgIpc) is 2.38. The maximum absolute atomic E-state index is 11.7. The van der Waals surface area contributed by atoms with Gasteiger partial charge in [-0.05, 0) is 25.2 Å². The molecular formula is C10H18N2OS. The number of aliphatic imine (C=N–C) groups is 1. The molecule has 4 heteroatoms. The summed E-state index contributed by atoms with van der Waals surface area (Å²) in [4.78, 5) is 15.5. The summed E-state index contributed by atoms with van der Waals surface area (Å²) in [7, 11) is 0. The van der Waals surface area contributed by atoms with Crippen LogP contribution >= 0.6 is 11.8 Å². The van der Waals surface area contributed by atoms with Crippen molar-refractivity contribution in [1.29, 1.82) is 0 Å². The minimum atomic E-state index is -0.353.